The van der Waals surface area contributed by atoms with Crippen LogP contribution < -0.4 is 11.1 Å². The van der Waals surface area contributed by atoms with Crippen LogP contribution in [0.1, 0.15) is 27.9 Å². The fourth-order valence-corrected chi connectivity index (χ4v) is 1.94. The van der Waals surface area contributed by atoms with Crippen LogP contribution in [0.2, 0.25) is 0 Å². The van der Waals surface area contributed by atoms with Gasteiger partial charge >= 0.3 is 0 Å². The molecule has 0 spiro atoms. The number of amides is 1. The standard InChI is InChI=1S/C16H19N3O.2ClH/c17-12-14-3-5-15(6-4-14)16(20)19-9-1-2-13-7-10-18-11-8-13;;/h3-8,10-11H,1-2,9,12,17H2,(H,19,20);2*1H. The van der Waals surface area contributed by atoms with Crippen molar-refractivity contribution in [2.45, 2.75) is 19.4 Å². The predicted octanol–water partition coefficient (Wildman–Crippen LogP) is 2.75. The minimum absolute atomic E-state index is 0. The molecule has 4 nitrogen and oxygen atoms in total. The number of pyridine rings is 1. The highest BCUT2D eigenvalue weighted by atomic mass is 35.5. The van der Waals surface area contributed by atoms with Gasteiger partial charge in [-0.25, -0.2) is 0 Å². The first-order chi connectivity index (χ1) is 9.79. The molecule has 3 N–H and O–H groups in total. The maximum Gasteiger partial charge on any atom is 0.251 e. The molecule has 0 aliphatic heterocycles. The average molecular weight is 342 g/mol. The van der Waals surface area contributed by atoms with Crippen molar-refractivity contribution in [2.24, 2.45) is 5.73 Å². The van der Waals surface area contributed by atoms with Gasteiger partial charge in [-0.1, -0.05) is 12.1 Å². The number of benzene rings is 1. The Kier molecular flexibility index (Phi) is 10.2. The Labute approximate surface area is 143 Å². The van der Waals surface area contributed by atoms with Crippen molar-refractivity contribution in [3.63, 3.8) is 0 Å². The maximum absolute atomic E-state index is 11.9. The number of hydrogen-bond acceptors (Lipinski definition) is 3. The Balaban J connectivity index is 0.00000220. The van der Waals surface area contributed by atoms with Crippen LogP contribution in [0.5, 0.6) is 0 Å². The summed E-state index contributed by atoms with van der Waals surface area (Å²) in [5.41, 5.74) is 8.46. The highest BCUT2D eigenvalue weighted by Crippen LogP contribution is 2.04. The van der Waals surface area contributed by atoms with E-state index in [4.69, 9.17) is 5.73 Å². The van der Waals surface area contributed by atoms with Crippen molar-refractivity contribution in [3.8, 4) is 0 Å². The van der Waals surface area contributed by atoms with Crippen LogP contribution in [0.4, 0.5) is 0 Å². The number of aryl methyl sites for hydroxylation is 1. The molecule has 1 heterocycles. The highest BCUT2D eigenvalue weighted by molar-refractivity contribution is 5.94. The lowest BCUT2D eigenvalue weighted by Gasteiger charge is -2.06. The molecule has 2 rings (SSSR count). The van der Waals surface area contributed by atoms with Crippen molar-refractivity contribution in [2.75, 3.05) is 6.54 Å². The average Bonchev–Trinajstić information content (AvgIpc) is 2.52. The molecule has 0 aliphatic rings. The zero-order valence-corrected chi connectivity index (χ0v) is 13.8. The number of aromatic nitrogens is 1. The summed E-state index contributed by atoms with van der Waals surface area (Å²) in [7, 11) is 0. The van der Waals surface area contributed by atoms with E-state index in [-0.39, 0.29) is 30.7 Å². The van der Waals surface area contributed by atoms with E-state index in [1.165, 1.54) is 5.56 Å². The quantitative estimate of drug-likeness (QED) is 0.793. The molecular weight excluding hydrogens is 321 g/mol. The van der Waals surface area contributed by atoms with Gasteiger partial charge in [-0.15, -0.1) is 24.8 Å². The SMILES string of the molecule is Cl.Cl.NCc1ccc(C(=O)NCCCc2ccncc2)cc1. The second-order valence-electron chi connectivity index (χ2n) is 4.62. The molecule has 1 amide bonds. The number of hydrogen-bond donors (Lipinski definition) is 2. The maximum atomic E-state index is 11.9. The lowest BCUT2D eigenvalue weighted by molar-refractivity contribution is 0.0953. The van der Waals surface area contributed by atoms with Crippen LogP contribution in [0.15, 0.2) is 48.8 Å². The zero-order chi connectivity index (χ0) is 14.2. The van der Waals surface area contributed by atoms with Gasteiger partial charge in [0.2, 0.25) is 0 Å². The molecule has 0 unspecified atom stereocenters. The molecule has 6 heteroatoms. The first kappa shape index (κ1) is 20.4. The van der Waals surface area contributed by atoms with E-state index in [0.717, 1.165) is 18.4 Å². The Morgan fingerprint density at radius 1 is 1.00 bits per heavy atom. The third-order valence-corrected chi connectivity index (χ3v) is 3.13. The van der Waals surface area contributed by atoms with Crippen molar-refractivity contribution in [3.05, 3.63) is 65.5 Å². The third kappa shape index (κ3) is 6.43. The lowest BCUT2D eigenvalue weighted by Crippen LogP contribution is -2.24. The summed E-state index contributed by atoms with van der Waals surface area (Å²) >= 11 is 0. The van der Waals surface area contributed by atoms with Gasteiger partial charge in [0.1, 0.15) is 0 Å². The van der Waals surface area contributed by atoms with Crippen molar-refractivity contribution in [1.29, 1.82) is 0 Å². The van der Waals surface area contributed by atoms with Crippen molar-refractivity contribution >= 4 is 30.7 Å². The van der Waals surface area contributed by atoms with Crippen LogP contribution in [-0.2, 0) is 13.0 Å². The van der Waals surface area contributed by atoms with Gasteiger partial charge in [0.25, 0.3) is 5.91 Å². The summed E-state index contributed by atoms with van der Waals surface area (Å²) in [5.74, 6) is -0.0386. The Bertz CT molecular complexity index is 547. The van der Waals surface area contributed by atoms with E-state index >= 15 is 0 Å². The van der Waals surface area contributed by atoms with Gasteiger partial charge in [-0.3, -0.25) is 9.78 Å². The molecule has 120 valence electrons. The van der Waals surface area contributed by atoms with Crippen molar-refractivity contribution in [1.82, 2.24) is 10.3 Å². The molecule has 0 atom stereocenters. The van der Waals surface area contributed by atoms with Gasteiger partial charge in [0, 0.05) is 31.0 Å². The second-order valence-corrected chi connectivity index (χ2v) is 4.62. The molecule has 1 aromatic carbocycles. The molecule has 0 radical (unpaired) electrons. The normalized spacial score (nSPS) is 9.32. The van der Waals surface area contributed by atoms with Gasteiger partial charge < -0.3 is 11.1 Å². The molecule has 0 saturated heterocycles. The van der Waals surface area contributed by atoms with Gasteiger partial charge in [-0.2, -0.15) is 0 Å². The van der Waals surface area contributed by atoms with Gasteiger partial charge in [0.15, 0.2) is 0 Å². The monoisotopic (exact) mass is 341 g/mol. The summed E-state index contributed by atoms with van der Waals surface area (Å²) < 4.78 is 0. The Morgan fingerprint density at radius 2 is 1.64 bits per heavy atom. The summed E-state index contributed by atoms with van der Waals surface area (Å²) in [5, 5.41) is 2.92. The summed E-state index contributed by atoms with van der Waals surface area (Å²) in [4.78, 5) is 15.9. The van der Waals surface area contributed by atoms with Crippen LogP contribution in [-0.4, -0.2) is 17.4 Å². The summed E-state index contributed by atoms with van der Waals surface area (Å²) in [6, 6.07) is 11.4. The Morgan fingerprint density at radius 3 is 2.23 bits per heavy atom. The molecule has 0 saturated carbocycles. The van der Waals surface area contributed by atoms with Gasteiger partial charge in [0.05, 0.1) is 0 Å². The lowest BCUT2D eigenvalue weighted by atomic mass is 10.1. The molecule has 22 heavy (non-hydrogen) atoms. The summed E-state index contributed by atoms with van der Waals surface area (Å²) in [6.45, 7) is 1.16. The first-order valence-electron chi connectivity index (χ1n) is 6.75. The minimum Gasteiger partial charge on any atom is -0.352 e. The number of nitrogens with zero attached hydrogens (tertiary/aromatic N) is 1. The molecule has 2 aromatic rings. The number of carbonyl (C=O) groups excluding carboxylic acids is 1. The number of carbonyl (C=O) groups is 1. The van der Waals surface area contributed by atoms with Gasteiger partial charge in [-0.05, 0) is 48.2 Å². The number of rotatable bonds is 6. The highest BCUT2D eigenvalue weighted by Gasteiger charge is 2.04. The van der Waals surface area contributed by atoms with E-state index in [2.05, 4.69) is 10.3 Å². The van der Waals surface area contributed by atoms with Crippen LogP contribution in [0.25, 0.3) is 0 Å². The Hall–Kier alpha value is -1.62. The van der Waals surface area contributed by atoms with Crippen LogP contribution in [0.3, 0.4) is 0 Å². The van der Waals surface area contributed by atoms with Crippen molar-refractivity contribution < 1.29 is 4.79 Å². The smallest absolute Gasteiger partial charge is 0.251 e. The number of halogens is 2. The topological polar surface area (TPSA) is 68.0 Å². The van der Waals surface area contributed by atoms with E-state index < -0.39 is 0 Å². The predicted molar refractivity (Wildman–Crippen MR) is 93.7 cm³/mol. The van der Waals surface area contributed by atoms with Crippen LogP contribution >= 0.6 is 24.8 Å². The second kappa shape index (κ2) is 11.0. The number of nitrogens with two attached hydrogens (primary N) is 1. The third-order valence-electron chi connectivity index (χ3n) is 3.13. The largest absolute Gasteiger partial charge is 0.352 e. The van der Waals surface area contributed by atoms with E-state index in [0.29, 0.717) is 18.7 Å². The molecule has 0 bridgehead atoms. The fraction of sp³-hybridized carbons (Fsp3) is 0.250. The van der Waals surface area contributed by atoms with E-state index in [1.807, 2.05) is 24.3 Å². The van der Waals surface area contributed by atoms with E-state index in [9.17, 15) is 4.79 Å². The first-order valence-corrected chi connectivity index (χ1v) is 6.75. The molecular formula is C16H21Cl2N3O. The molecule has 0 aliphatic carbocycles. The summed E-state index contributed by atoms with van der Waals surface area (Å²) in [6.07, 6.45) is 5.42. The zero-order valence-electron chi connectivity index (χ0n) is 12.2. The molecule has 1 aromatic heterocycles. The number of nitrogens with one attached hydrogen (secondary N) is 1. The minimum atomic E-state index is -0.0386. The molecule has 0 fully saturated rings. The van der Waals surface area contributed by atoms with E-state index in [1.54, 1.807) is 24.5 Å². The fourth-order valence-electron chi connectivity index (χ4n) is 1.94. The van der Waals surface area contributed by atoms with Crippen LogP contribution in [0, 0.1) is 0 Å².